The van der Waals surface area contributed by atoms with Crippen molar-refractivity contribution in [1.29, 1.82) is 0 Å². The van der Waals surface area contributed by atoms with E-state index in [0.29, 0.717) is 5.56 Å². The van der Waals surface area contributed by atoms with Crippen LogP contribution in [0.2, 0.25) is 0 Å². The van der Waals surface area contributed by atoms with E-state index in [1.807, 2.05) is 6.92 Å². The molecule has 0 saturated carbocycles. The fraction of sp³-hybridized carbons (Fsp3) is 0.500. The minimum absolute atomic E-state index is 0.0328. The highest BCUT2D eigenvalue weighted by Crippen LogP contribution is 2.29. The Labute approximate surface area is 238 Å². The van der Waals surface area contributed by atoms with Crippen LogP contribution in [0.5, 0.6) is 0 Å². The number of rotatable bonds is 5. The number of non-ortho nitro benzene ring substituents is 2. The van der Waals surface area contributed by atoms with E-state index >= 15 is 0 Å². The molecule has 0 aromatic heterocycles. The second-order valence-corrected chi connectivity index (χ2v) is 9.75. The van der Waals surface area contributed by atoms with Crippen LogP contribution in [0.25, 0.3) is 0 Å². The highest BCUT2D eigenvalue weighted by atomic mass is 19.1. The molecule has 2 heterocycles. The van der Waals surface area contributed by atoms with Gasteiger partial charge >= 0.3 is 11.9 Å². The molecule has 0 atom stereocenters. The summed E-state index contributed by atoms with van der Waals surface area (Å²) in [6.45, 7) is 6.77. The van der Waals surface area contributed by atoms with Crippen molar-refractivity contribution in [3.63, 3.8) is 0 Å². The molecule has 0 aliphatic carbocycles. The summed E-state index contributed by atoms with van der Waals surface area (Å²) >= 11 is 0. The van der Waals surface area contributed by atoms with Gasteiger partial charge in [0.1, 0.15) is 5.82 Å². The van der Waals surface area contributed by atoms with Crippen LogP contribution in [0.4, 0.5) is 21.5 Å². The molecular weight excluding hydrogens is 539 g/mol. The third kappa shape index (κ3) is 10.1. The number of nitro benzene ring substituents is 2. The fourth-order valence-corrected chi connectivity index (χ4v) is 4.60. The summed E-state index contributed by atoms with van der Waals surface area (Å²) in [6.07, 6.45) is 3.35. The number of halogens is 1. The van der Waals surface area contributed by atoms with Gasteiger partial charge in [-0.3, -0.25) is 29.8 Å². The van der Waals surface area contributed by atoms with Gasteiger partial charge in [0.15, 0.2) is 0 Å². The first-order chi connectivity index (χ1) is 19.5. The van der Waals surface area contributed by atoms with Crippen LogP contribution in [0.3, 0.4) is 0 Å². The van der Waals surface area contributed by atoms with Crippen molar-refractivity contribution in [2.75, 3.05) is 45.3 Å². The summed E-state index contributed by atoms with van der Waals surface area (Å²) in [5.74, 6) is -0.511. The predicted molar refractivity (Wildman–Crippen MR) is 150 cm³/mol. The second-order valence-electron chi connectivity index (χ2n) is 9.75. The van der Waals surface area contributed by atoms with Crippen LogP contribution in [0.15, 0.2) is 36.4 Å². The molecule has 0 spiro atoms. The number of carbonyl (C=O) groups is 2. The summed E-state index contributed by atoms with van der Waals surface area (Å²) < 4.78 is 21.9. The van der Waals surface area contributed by atoms with E-state index in [4.69, 9.17) is 4.74 Å². The van der Waals surface area contributed by atoms with Gasteiger partial charge in [-0.1, -0.05) is 0 Å². The number of carbonyl (C=O) groups excluding carboxylic acids is 2. The van der Waals surface area contributed by atoms with Crippen LogP contribution in [-0.2, 0) is 19.1 Å². The molecule has 13 heteroatoms. The molecule has 2 aliphatic rings. The van der Waals surface area contributed by atoms with Crippen molar-refractivity contribution >= 4 is 29.0 Å². The minimum atomic E-state index is -0.549. The fourth-order valence-electron chi connectivity index (χ4n) is 4.60. The molecule has 0 unspecified atom stereocenters. The normalized spacial score (nSPS) is 15.4. The Balaban J connectivity index is 0.000000236. The van der Waals surface area contributed by atoms with Crippen LogP contribution in [0.1, 0.15) is 36.8 Å². The zero-order valence-corrected chi connectivity index (χ0v) is 23.8. The minimum Gasteiger partial charge on any atom is -0.469 e. The molecule has 224 valence electrons. The molecule has 1 N–H and O–H groups in total. The zero-order valence-electron chi connectivity index (χ0n) is 23.8. The van der Waals surface area contributed by atoms with Crippen LogP contribution >= 0.6 is 0 Å². The molecule has 2 aromatic carbocycles. The Bertz CT molecular complexity index is 1210. The predicted octanol–water partition coefficient (Wildman–Crippen LogP) is 4.49. The van der Waals surface area contributed by atoms with Gasteiger partial charge in [0.05, 0.1) is 35.9 Å². The number of aryl methyl sites for hydroxylation is 2. The van der Waals surface area contributed by atoms with E-state index < -0.39 is 10.7 Å². The standard InChI is InChI=1S/C14H18N2O4.C7H6FNO2.C7H13NO2/c1-10-9-12(16(18)19)3-4-13(10)15-7-5-11(6-8-15)14(17)20-2;1-5-4-6(9(10)11)2-3-7(5)8;1-10-7(9)6-2-4-8-5-3-6/h3-4,9,11H,5-8H2,1-2H3;2-4H,1H3;6,8H,2-5H2,1H3. The van der Waals surface area contributed by atoms with E-state index in [-0.39, 0.29) is 40.1 Å². The summed E-state index contributed by atoms with van der Waals surface area (Å²) in [5, 5.41) is 24.1. The number of nitrogens with zero attached hydrogens (tertiary/aromatic N) is 3. The second kappa shape index (κ2) is 16.2. The maximum absolute atomic E-state index is 12.5. The first-order valence-corrected chi connectivity index (χ1v) is 13.2. The topological polar surface area (TPSA) is 154 Å². The van der Waals surface area contributed by atoms with Crippen molar-refractivity contribution in [3.05, 3.63) is 73.6 Å². The van der Waals surface area contributed by atoms with Gasteiger partial charge in [0.2, 0.25) is 0 Å². The van der Waals surface area contributed by atoms with Crippen molar-refractivity contribution in [2.45, 2.75) is 39.5 Å². The Kier molecular flexibility index (Phi) is 13.1. The molecule has 41 heavy (non-hydrogen) atoms. The van der Waals surface area contributed by atoms with Crippen LogP contribution < -0.4 is 10.2 Å². The Morgan fingerprint density at radius 3 is 1.73 bits per heavy atom. The number of methoxy groups -OCH3 is 2. The number of ether oxygens (including phenoxy) is 2. The molecule has 2 saturated heterocycles. The van der Waals surface area contributed by atoms with Crippen molar-refractivity contribution in [2.24, 2.45) is 11.8 Å². The van der Waals surface area contributed by atoms with E-state index in [1.165, 1.54) is 33.3 Å². The van der Waals surface area contributed by atoms with E-state index in [1.54, 1.807) is 12.1 Å². The maximum atomic E-state index is 12.5. The van der Waals surface area contributed by atoms with Crippen molar-refractivity contribution in [3.8, 4) is 0 Å². The van der Waals surface area contributed by atoms with Gasteiger partial charge in [-0.15, -0.1) is 0 Å². The molecule has 2 aliphatic heterocycles. The van der Waals surface area contributed by atoms with Gasteiger partial charge in [0.25, 0.3) is 11.4 Å². The lowest BCUT2D eigenvalue weighted by atomic mass is 9.96. The summed E-state index contributed by atoms with van der Waals surface area (Å²) in [4.78, 5) is 44.5. The average Bonchev–Trinajstić information content (AvgIpc) is 2.98. The first-order valence-electron chi connectivity index (χ1n) is 13.2. The Hall–Kier alpha value is -4.13. The number of piperidine rings is 2. The Morgan fingerprint density at radius 2 is 1.29 bits per heavy atom. The number of benzene rings is 2. The number of nitro groups is 2. The summed E-state index contributed by atoms with van der Waals surface area (Å²) in [7, 11) is 2.86. The molecule has 2 fully saturated rings. The number of anilines is 1. The zero-order chi connectivity index (χ0) is 30.5. The average molecular weight is 577 g/mol. The SMILES string of the molecule is COC(=O)C1CCN(c2ccc([N+](=O)[O-])cc2C)CC1.COC(=O)C1CCNCC1.Cc1cc([N+](=O)[O-])ccc1F. The van der Waals surface area contributed by atoms with E-state index in [9.17, 15) is 34.2 Å². The molecule has 0 bridgehead atoms. The lowest BCUT2D eigenvalue weighted by molar-refractivity contribution is -0.385. The van der Waals surface area contributed by atoms with Crippen molar-refractivity contribution in [1.82, 2.24) is 5.32 Å². The lowest BCUT2D eigenvalue weighted by Gasteiger charge is -2.33. The van der Waals surface area contributed by atoms with Gasteiger partial charge in [-0.25, -0.2) is 4.39 Å². The molecule has 0 amide bonds. The molecule has 12 nitrogen and oxygen atoms in total. The highest BCUT2D eigenvalue weighted by Gasteiger charge is 2.26. The highest BCUT2D eigenvalue weighted by molar-refractivity contribution is 5.73. The Morgan fingerprint density at radius 1 is 0.829 bits per heavy atom. The first kappa shape index (κ1) is 33.1. The molecule has 2 aromatic rings. The number of esters is 2. The maximum Gasteiger partial charge on any atom is 0.308 e. The summed E-state index contributed by atoms with van der Waals surface area (Å²) in [6, 6.07) is 8.33. The molecular formula is C28H37FN4O8. The third-order valence-corrected chi connectivity index (χ3v) is 6.99. The monoisotopic (exact) mass is 576 g/mol. The third-order valence-electron chi connectivity index (χ3n) is 6.99. The largest absolute Gasteiger partial charge is 0.469 e. The van der Waals surface area contributed by atoms with Gasteiger partial charge in [0, 0.05) is 43.0 Å². The van der Waals surface area contributed by atoms with E-state index in [2.05, 4.69) is 15.0 Å². The smallest absolute Gasteiger partial charge is 0.308 e. The number of nitrogens with one attached hydrogen (secondary N) is 1. The lowest BCUT2D eigenvalue weighted by Crippen LogP contribution is -2.37. The molecule has 0 radical (unpaired) electrons. The summed E-state index contributed by atoms with van der Waals surface area (Å²) in [5.41, 5.74) is 2.20. The van der Waals surface area contributed by atoms with Crippen molar-refractivity contribution < 1.29 is 33.3 Å². The van der Waals surface area contributed by atoms with Gasteiger partial charge < -0.3 is 19.7 Å². The number of hydrogen-bond acceptors (Lipinski definition) is 10. The number of hydrogen-bond donors (Lipinski definition) is 1. The van der Waals surface area contributed by atoms with Gasteiger partial charge in [-0.05, 0) is 75.9 Å². The van der Waals surface area contributed by atoms with Gasteiger partial charge in [-0.2, -0.15) is 0 Å². The van der Waals surface area contributed by atoms with E-state index in [0.717, 1.165) is 75.2 Å². The molecule has 4 rings (SSSR count). The quantitative estimate of drug-likeness (QED) is 0.306. The van der Waals surface area contributed by atoms with Crippen LogP contribution in [-0.4, -0.2) is 62.2 Å². The van der Waals surface area contributed by atoms with Crippen LogP contribution in [0, 0.1) is 51.7 Å².